The molecule has 106 valence electrons. The zero-order chi connectivity index (χ0) is 13.7. The van der Waals surface area contributed by atoms with Gasteiger partial charge in [0.1, 0.15) is 0 Å². The quantitative estimate of drug-likeness (QED) is 0.752. The minimum absolute atomic E-state index is 0.101. The average molecular weight is 268 g/mol. The molecule has 1 aromatic rings. The summed E-state index contributed by atoms with van der Waals surface area (Å²) in [5, 5.41) is 21.6. The van der Waals surface area contributed by atoms with Crippen LogP contribution < -0.4 is 5.32 Å². The number of halogens is 1. The van der Waals surface area contributed by atoms with Crippen LogP contribution >= 0.6 is 0 Å². The van der Waals surface area contributed by atoms with Crippen molar-refractivity contribution in [3.8, 4) is 5.75 Å². The fourth-order valence-corrected chi connectivity index (χ4v) is 2.57. The molecule has 0 saturated carbocycles. The highest BCUT2D eigenvalue weighted by Gasteiger charge is 2.22. The Labute approximate surface area is 112 Å². The summed E-state index contributed by atoms with van der Waals surface area (Å²) >= 11 is 0. The number of aromatic hydroxyl groups is 1. The Balaban J connectivity index is 2.17. The summed E-state index contributed by atoms with van der Waals surface area (Å²) in [5.41, 5.74) is 0.866. The van der Waals surface area contributed by atoms with Crippen LogP contribution in [0.5, 0.6) is 5.75 Å². The van der Waals surface area contributed by atoms with Crippen LogP contribution in [0.3, 0.4) is 0 Å². The topological polar surface area (TPSA) is 55.7 Å². The van der Waals surface area contributed by atoms with Crippen molar-refractivity contribution < 1.29 is 14.6 Å². The maximum Gasteiger partial charge on any atom is 0.165 e. The molecule has 19 heavy (non-hydrogen) atoms. The highest BCUT2D eigenvalue weighted by Crippen LogP contribution is 2.28. The Morgan fingerprint density at radius 2 is 2.05 bits per heavy atom. The van der Waals surface area contributed by atoms with Crippen molar-refractivity contribution in [2.45, 2.75) is 18.9 Å². The second-order valence-electron chi connectivity index (χ2n) is 4.88. The van der Waals surface area contributed by atoms with E-state index in [9.17, 15) is 9.50 Å². The van der Waals surface area contributed by atoms with Gasteiger partial charge in [-0.3, -0.25) is 4.90 Å². The summed E-state index contributed by atoms with van der Waals surface area (Å²) in [5.74, 6) is -0.897. The van der Waals surface area contributed by atoms with Crippen molar-refractivity contribution in [3.05, 3.63) is 29.6 Å². The van der Waals surface area contributed by atoms with Gasteiger partial charge < -0.3 is 15.5 Å². The largest absolute Gasteiger partial charge is 0.505 e. The van der Waals surface area contributed by atoms with E-state index in [1.54, 1.807) is 6.07 Å². The zero-order valence-electron chi connectivity index (χ0n) is 11.0. The Bertz CT molecular complexity index is 408. The molecule has 0 spiro atoms. The lowest BCUT2D eigenvalue weighted by atomic mass is 9.99. The SMILES string of the molecule is OCCC[C@@H](c1ccc(O)c(F)c1)N1CCNCC1. The van der Waals surface area contributed by atoms with Gasteiger partial charge in [-0.1, -0.05) is 6.07 Å². The van der Waals surface area contributed by atoms with E-state index in [0.717, 1.165) is 38.2 Å². The number of rotatable bonds is 5. The minimum atomic E-state index is -0.582. The molecule has 0 amide bonds. The maximum absolute atomic E-state index is 13.5. The van der Waals surface area contributed by atoms with Gasteiger partial charge in [-0.15, -0.1) is 0 Å². The number of benzene rings is 1. The molecule has 0 aliphatic carbocycles. The predicted octanol–water partition coefficient (Wildman–Crippen LogP) is 1.25. The maximum atomic E-state index is 13.5. The van der Waals surface area contributed by atoms with E-state index >= 15 is 0 Å². The van der Waals surface area contributed by atoms with Crippen LogP contribution in [0.25, 0.3) is 0 Å². The van der Waals surface area contributed by atoms with Gasteiger partial charge >= 0.3 is 0 Å². The molecule has 1 saturated heterocycles. The van der Waals surface area contributed by atoms with Gasteiger partial charge in [-0.2, -0.15) is 0 Å². The molecule has 0 radical (unpaired) electrons. The zero-order valence-corrected chi connectivity index (χ0v) is 11.0. The molecule has 1 fully saturated rings. The second kappa shape index (κ2) is 6.84. The summed E-state index contributed by atoms with van der Waals surface area (Å²) in [6, 6.07) is 4.67. The fourth-order valence-electron chi connectivity index (χ4n) is 2.57. The smallest absolute Gasteiger partial charge is 0.165 e. The molecule has 1 aromatic carbocycles. The van der Waals surface area contributed by atoms with Gasteiger partial charge in [0.2, 0.25) is 0 Å². The van der Waals surface area contributed by atoms with E-state index < -0.39 is 5.82 Å². The Hall–Kier alpha value is -1.17. The van der Waals surface area contributed by atoms with Gasteiger partial charge in [0.05, 0.1) is 0 Å². The lowest BCUT2D eigenvalue weighted by molar-refractivity contribution is 0.154. The number of piperazine rings is 1. The van der Waals surface area contributed by atoms with Gasteiger partial charge in [-0.05, 0) is 30.5 Å². The van der Waals surface area contributed by atoms with Gasteiger partial charge in [0, 0.05) is 38.8 Å². The molecule has 0 unspecified atom stereocenters. The minimum Gasteiger partial charge on any atom is -0.505 e. The first-order chi connectivity index (χ1) is 9.22. The molecule has 4 nitrogen and oxygen atoms in total. The van der Waals surface area contributed by atoms with Crippen molar-refractivity contribution in [3.63, 3.8) is 0 Å². The highest BCUT2D eigenvalue weighted by molar-refractivity contribution is 5.30. The summed E-state index contributed by atoms with van der Waals surface area (Å²) in [6.45, 7) is 3.83. The molecular weight excluding hydrogens is 247 g/mol. The monoisotopic (exact) mass is 268 g/mol. The predicted molar refractivity (Wildman–Crippen MR) is 71.6 cm³/mol. The van der Waals surface area contributed by atoms with E-state index in [1.165, 1.54) is 12.1 Å². The van der Waals surface area contributed by atoms with Crippen LogP contribution in [0, 0.1) is 5.82 Å². The van der Waals surface area contributed by atoms with E-state index in [4.69, 9.17) is 5.11 Å². The van der Waals surface area contributed by atoms with Crippen molar-refractivity contribution in [1.29, 1.82) is 0 Å². The van der Waals surface area contributed by atoms with E-state index in [0.29, 0.717) is 6.42 Å². The molecule has 1 atom stereocenters. The molecule has 1 aliphatic rings. The van der Waals surface area contributed by atoms with Crippen molar-refractivity contribution in [1.82, 2.24) is 10.2 Å². The Morgan fingerprint density at radius 1 is 1.32 bits per heavy atom. The third-order valence-corrected chi connectivity index (χ3v) is 3.58. The number of aliphatic hydroxyl groups is 1. The van der Waals surface area contributed by atoms with Crippen LogP contribution in [0.1, 0.15) is 24.4 Å². The Kier molecular flexibility index (Phi) is 5.13. The van der Waals surface area contributed by atoms with Crippen LogP contribution in [-0.4, -0.2) is 47.9 Å². The molecule has 5 heteroatoms. The standard InChI is InChI=1S/C14H21FN2O2/c15-12-10-11(3-4-14(12)19)13(2-1-9-18)17-7-5-16-6-8-17/h3-4,10,13,16,18-19H,1-2,5-9H2/t13-/m0/s1. The number of nitrogens with one attached hydrogen (secondary N) is 1. The first-order valence-corrected chi connectivity index (χ1v) is 6.76. The normalized spacial score (nSPS) is 18.4. The molecule has 1 aliphatic heterocycles. The number of phenols is 1. The van der Waals surface area contributed by atoms with Gasteiger partial charge in [0.25, 0.3) is 0 Å². The van der Waals surface area contributed by atoms with E-state index in [-0.39, 0.29) is 18.4 Å². The average Bonchev–Trinajstić information content (AvgIpc) is 2.44. The third kappa shape index (κ3) is 3.65. The second-order valence-corrected chi connectivity index (χ2v) is 4.88. The number of nitrogens with zero attached hydrogens (tertiary/aromatic N) is 1. The van der Waals surface area contributed by atoms with Gasteiger partial charge in [-0.25, -0.2) is 4.39 Å². The van der Waals surface area contributed by atoms with Crippen molar-refractivity contribution in [2.24, 2.45) is 0 Å². The van der Waals surface area contributed by atoms with Crippen molar-refractivity contribution >= 4 is 0 Å². The van der Waals surface area contributed by atoms with Crippen molar-refractivity contribution in [2.75, 3.05) is 32.8 Å². The van der Waals surface area contributed by atoms with E-state index in [2.05, 4.69) is 10.2 Å². The van der Waals surface area contributed by atoms with Gasteiger partial charge in [0.15, 0.2) is 11.6 Å². The summed E-state index contributed by atoms with van der Waals surface area (Å²) in [4.78, 5) is 2.30. The first kappa shape index (κ1) is 14.2. The third-order valence-electron chi connectivity index (χ3n) is 3.58. The summed E-state index contributed by atoms with van der Waals surface area (Å²) in [7, 11) is 0. The molecule has 0 aromatic heterocycles. The Morgan fingerprint density at radius 3 is 2.68 bits per heavy atom. The molecule has 1 heterocycles. The molecule has 0 bridgehead atoms. The molecular formula is C14H21FN2O2. The highest BCUT2D eigenvalue weighted by atomic mass is 19.1. The summed E-state index contributed by atoms with van der Waals surface area (Å²) < 4.78 is 13.5. The number of hydrogen-bond donors (Lipinski definition) is 3. The lowest BCUT2D eigenvalue weighted by Gasteiger charge is -2.35. The van der Waals surface area contributed by atoms with Crippen LogP contribution in [-0.2, 0) is 0 Å². The lowest BCUT2D eigenvalue weighted by Crippen LogP contribution is -2.45. The number of aliphatic hydroxyl groups excluding tert-OH is 1. The molecule has 2 rings (SSSR count). The molecule has 3 N–H and O–H groups in total. The van der Waals surface area contributed by atoms with Crippen LogP contribution in [0.15, 0.2) is 18.2 Å². The van der Waals surface area contributed by atoms with Crippen LogP contribution in [0.2, 0.25) is 0 Å². The first-order valence-electron chi connectivity index (χ1n) is 6.76. The van der Waals surface area contributed by atoms with Crippen LogP contribution in [0.4, 0.5) is 4.39 Å². The number of phenolic OH excluding ortho intramolecular Hbond substituents is 1. The van der Waals surface area contributed by atoms with E-state index in [1.807, 2.05) is 0 Å². The number of hydrogen-bond acceptors (Lipinski definition) is 4. The fraction of sp³-hybridized carbons (Fsp3) is 0.571. The summed E-state index contributed by atoms with van der Waals surface area (Å²) in [6.07, 6.45) is 1.48.